The van der Waals surface area contributed by atoms with Gasteiger partial charge in [0.05, 0.1) is 6.10 Å². The van der Waals surface area contributed by atoms with Gasteiger partial charge in [0.2, 0.25) is 11.1 Å². The van der Waals surface area contributed by atoms with E-state index < -0.39 is 0 Å². The molecule has 8 heteroatoms. The summed E-state index contributed by atoms with van der Waals surface area (Å²) in [4.78, 5) is 6.23. The molecule has 1 unspecified atom stereocenters. The quantitative estimate of drug-likeness (QED) is 0.489. The molecule has 2 heterocycles. The maximum atomic E-state index is 9.89. The predicted octanol–water partition coefficient (Wildman–Crippen LogP) is -1.25. The first kappa shape index (κ1) is 12.6. The van der Waals surface area contributed by atoms with E-state index in [1.807, 2.05) is 0 Å². The van der Waals surface area contributed by atoms with Gasteiger partial charge in [0, 0.05) is 38.5 Å². The third-order valence-electron chi connectivity index (χ3n) is 2.57. The van der Waals surface area contributed by atoms with Gasteiger partial charge in [-0.15, -0.1) is 5.10 Å². The molecular formula is C9H18N6OS. The second-order valence-corrected chi connectivity index (χ2v) is 5.01. The van der Waals surface area contributed by atoms with Crippen LogP contribution >= 0.6 is 11.8 Å². The fraction of sp³-hybridized carbons (Fsp3) is 0.778. The van der Waals surface area contributed by atoms with Crippen molar-refractivity contribution in [3.05, 3.63) is 0 Å². The van der Waals surface area contributed by atoms with Crippen LogP contribution in [-0.2, 0) is 0 Å². The van der Waals surface area contributed by atoms with Gasteiger partial charge in [-0.2, -0.15) is 4.98 Å². The highest BCUT2D eigenvalue weighted by Gasteiger charge is 2.15. The van der Waals surface area contributed by atoms with E-state index in [0.29, 0.717) is 23.4 Å². The van der Waals surface area contributed by atoms with E-state index in [0.717, 1.165) is 26.2 Å². The topological polar surface area (TPSA) is 103 Å². The average Bonchev–Trinajstić information content (AvgIpc) is 2.74. The summed E-state index contributed by atoms with van der Waals surface area (Å²) < 4.78 is 0. The summed E-state index contributed by atoms with van der Waals surface area (Å²) in [5, 5.41) is 20.2. The van der Waals surface area contributed by atoms with E-state index in [1.54, 1.807) is 0 Å². The normalized spacial score (nSPS) is 19.4. The molecule has 0 saturated carbocycles. The largest absolute Gasteiger partial charge is 0.391 e. The number of aliphatic hydroxyl groups excluding tert-OH is 1. The Hall–Kier alpha value is -0.830. The van der Waals surface area contributed by atoms with E-state index in [9.17, 15) is 5.11 Å². The van der Waals surface area contributed by atoms with E-state index >= 15 is 0 Å². The molecular weight excluding hydrogens is 240 g/mol. The second kappa shape index (κ2) is 6.20. The number of piperazine rings is 1. The van der Waals surface area contributed by atoms with Crippen LogP contribution in [0.4, 0.5) is 5.95 Å². The molecule has 0 aliphatic carbocycles. The van der Waals surface area contributed by atoms with Gasteiger partial charge in [-0.05, 0) is 0 Å². The SMILES string of the molecule is Nc1nc(SCC(O)CN2CCNCC2)n[nH]1. The van der Waals surface area contributed by atoms with Gasteiger partial charge in [-0.25, -0.2) is 5.10 Å². The first-order valence-corrected chi connectivity index (χ1v) is 6.64. The number of anilines is 1. The van der Waals surface area contributed by atoms with Gasteiger partial charge < -0.3 is 16.2 Å². The van der Waals surface area contributed by atoms with Crippen molar-refractivity contribution in [3.63, 3.8) is 0 Å². The zero-order chi connectivity index (χ0) is 12.1. The Balaban J connectivity index is 1.68. The number of aromatic amines is 1. The number of H-pyrrole nitrogens is 1. The summed E-state index contributed by atoms with van der Waals surface area (Å²) >= 11 is 1.41. The molecule has 17 heavy (non-hydrogen) atoms. The van der Waals surface area contributed by atoms with Crippen LogP contribution in [0.25, 0.3) is 0 Å². The number of rotatable bonds is 5. The fourth-order valence-corrected chi connectivity index (χ4v) is 2.46. The maximum Gasteiger partial charge on any atom is 0.216 e. The molecule has 0 amide bonds. The highest BCUT2D eigenvalue weighted by molar-refractivity contribution is 7.99. The molecule has 1 aliphatic heterocycles. The summed E-state index contributed by atoms with van der Waals surface area (Å²) in [5.74, 6) is 0.894. The van der Waals surface area contributed by atoms with Crippen molar-refractivity contribution in [1.82, 2.24) is 25.4 Å². The van der Waals surface area contributed by atoms with Crippen LogP contribution in [0.3, 0.4) is 0 Å². The van der Waals surface area contributed by atoms with Gasteiger partial charge in [0.1, 0.15) is 0 Å². The molecule has 0 bridgehead atoms. The Morgan fingerprint density at radius 3 is 2.88 bits per heavy atom. The van der Waals surface area contributed by atoms with Gasteiger partial charge in [0.25, 0.3) is 0 Å². The number of aliphatic hydroxyl groups is 1. The van der Waals surface area contributed by atoms with Crippen molar-refractivity contribution in [3.8, 4) is 0 Å². The molecule has 1 saturated heterocycles. The Bertz CT molecular complexity index is 340. The molecule has 1 fully saturated rings. The highest BCUT2D eigenvalue weighted by Crippen LogP contribution is 2.14. The third-order valence-corrected chi connectivity index (χ3v) is 3.56. The lowest BCUT2D eigenvalue weighted by Crippen LogP contribution is -2.46. The van der Waals surface area contributed by atoms with Gasteiger partial charge in [-0.3, -0.25) is 4.90 Å². The standard InChI is InChI=1S/C9H18N6OS/c10-8-12-9(14-13-8)17-6-7(16)5-15-3-1-11-2-4-15/h7,11,16H,1-6H2,(H3,10,12,13,14). The van der Waals surface area contributed by atoms with E-state index in [2.05, 4.69) is 25.4 Å². The van der Waals surface area contributed by atoms with Crippen LogP contribution in [-0.4, -0.2) is 69.8 Å². The highest BCUT2D eigenvalue weighted by atomic mass is 32.2. The average molecular weight is 258 g/mol. The monoisotopic (exact) mass is 258 g/mol. The number of nitrogens with one attached hydrogen (secondary N) is 2. The van der Waals surface area contributed by atoms with Crippen LogP contribution in [0.15, 0.2) is 5.16 Å². The molecule has 0 aromatic carbocycles. The summed E-state index contributed by atoms with van der Waals surface area (Å²) in [6, 6.07) is 0. The number of hydrogen-bond acceptors (Lipinski definition) is 7. The molecule has 0 radical (unpaired) electrons. The number of thioether (sulfide) groups is 1. The van der Waals surface area contributed by atoms with E-state index in [-0.39, 0.29) is 6.10 Å². The van der Waals surface area contributed by atoms with Gasteiger partial charge >= 0.3 is 0 Å². The summed E-state index contributed by atoms with van der Waals surface area (Å²) in [5.41, 5.74) is 5.41. The van der Waals surface area contributed by atoms with E-state index in [1.165, 1.54) is 11.8 Å². The lowest BCUT2D eigenvalue weighted by molar-refractivity contribution is 0.121. The smallest absolute Gasteiger partial charge is 0.216 e. The van der Waals surface area contributed by atoms with Crippen LogP contribution in [0.1, 0.15) is 0 Å². The van der Waals surface area contributed by atoms with Crippen LogP contribution < -0.4 is 11.1 Å². The lowest BCUT2D eigenvalue weighted by Gasteiger charge is -2.28. The minimum atomic E-state index is -0.363. The minimum Gasteiger partial charge on any atom is -0.391 e. The number of nitrogen functional groups attached to an aromatic ring is 1. The first-order valence-electron chi connectivity index (χ1n) is 5.66. The minimum absolute atomic E-state index is 0.309. The van der Waals surface area contributed by atoms with Crippen molar-refractivity contribution in [1.29, 1.82) is 0 Å². The molecule has 5 N–H and O–H groups in total. The van der Waals surface area contributed by atoms with Gasteiger partial charge in [-0.1, -0.05) is 11.8 Å². The summed E-state index contributed by atoms with van der Waals surface area (Å²) in [6.07, 6.45) is -0.363. The number of nitrogens with two attached hydrogens (primary N) is 1. The predicted molar refractivity (Wildman–Crippen MR) is 66.8 cm³/mol. The molecule has 1 aromatic heterocycles. The number of aromatic nitrogens is 3. The van der Waals surface area contributed by atoms with Crippen molar-refractivity contribution in [2.75, 3.05) is 44.2 Å². The van der Waals surface area contributed by atoms with Gasteiger partial charge in [0.15, 0.2) is 0 Å². The Morgan fingerprint density at radius 1 is 1.47 bits per heavy atom. The zero-order valence-electron chi connectivity index (χ0n) is 9.59. The maximum absolute atomic E-state index is 9.89. The molecule has 1 aromatic rings. The van der Waals surface area contributed by atoms with Crippen molar-refractivity contribution in [2.45, 2.75) is 11.3 Å². The molecule has 7 nitrogen and oxygen atoms in total. The van der Waals surface area contributed by atoms with Crippen LogP contribution in [0.2, 0.25) is 0 Å². The Kier molecular flexibility index (Phi) is 4.60. The fourth-order valence-electron chi connectivity index (χ4n) is 1.74. The number of nitrogens with zero attached hydrogens (tertiary/aromatic N) is 3. The summed E-state index contributed by atoms with van der Waals surface area (Å²) in [7, 11) is 0. The first-order chi connectivity index (χ1) is 8.24. The summed E-state index contributed by atoms with van der Waals surface area (Å²) in [6.45, 7) is 4.69. The zero-order valence-corrected chi connectivity index (χ0v) is 10.4. The molecule has 1 aliphatic rings. The Labute approximate surface area is 104 Å². The lowest BCUT2D eigenvalue weighted by atomic mass is 10.3. The van der Waals surface area contributed by atoms with Crippen LogP contribution in [0.5, 0.6) is 0 Å². The van der Waals surface area contributed by atoms with Crippen LogP contribution in [0, 0.1) is 0 Å². The Morgan fingerprint density at radius 2 is 2.24 bits per heavy atom. The van der Waals surface area contributed by atoms with Crippen molar-refractivity contribution in [2.24, 2.45) is 0 Å². The van der Waals surface area contributed by atoms with Crippen molar-refractivity contribution < 1.29 is 5.11 Å². The molecule has 1 atom stereocenters. The van der Waals surface area contributed by atoms with Crippen molar-refractivity contribution >= 4 is 17.7 Å². The number of β-amino-alcohol motifs (C(OH)–C–C–N with tert-alkyl or cyclic N) is 1. The molecule has 96 valence electrons. The third kappa shape index (κ3) is 4.15. The van der Waals surface area contributed by atoms with E-state index in [4.69, 9.17) is 5.73 Å². The molecule has 0 spiro atoms. The number of hydrogen-bond donors (Lipinski definition) is 4. The second-order valence-electron chi connectivity index (χ2n) is 4.02. The molecule has 2 rings (SSSR count).